The maximum atomic E-state index is 15.0. The van der Waals surface area contributed by atoms with Gasteiger partial charge in [-0.1, -0.05) is 63.5 Å². The Morgan fingerprint density at radius 3 is 2.50 bits per heavy atom. The molecule has 4 aromatic rings. The van der Waals surface area contributed by atoms with Crippen LogP contribution in [0.2, 0.25) is 0 Å². The van der Waals surface area contributed by atoms with Gasteiger partial charge in [-0.2, -0.15) is 12.7 Å². The molecule has 15 heteroatoms. The lowest BCUT2D eigenvalue weighted by atomic mass is 9.91. The van der Waals surface area contributed by atoms with Gasteiger partial charge in [-0.15, -0.1) is 11.3 Å². The molecule has 8 rings (SSSR count). The van der Waals surface area contributed by atoms with Crippen LogP contribution in [0.25, 0.3) is 21.6 Å². The third-order valence-corrected chi connectivity index (χ3v) is 15.4. The fourth-order valence-electron chi connectivity index (χ4n) is 9.28. The number of benzene rings is 2. The Labute approximate surface area is 368 Å². The van der Waals surface area contributed by atoms with Crippen molar-refractivity contribution in [2.24, 2.45) is 11.3 Å². The van der Waals surface area contributed by atoms with Gasteiger partial charge in [0.25, 0.3) is 0 Å². The largest absolute Gasteiger partial charge is 0.496 e. The van der Waals surface area contributed by atoms with Crippen LogP contribution in [0.1, 0.15) is 102 Å². The van der Waals surface area contributed by atoms with Crippen LogP contribution >= 0.6 is 11.3 Å². The predicted octanol–water partition coefficient (Wildman–Crippen LogP) is 7.96. The minimum Gasteiger partial charge on any atom is -0.496 e. The number of thiazole rings is 1. The van der Waals surface area contributed by atoms with Gasteiger partial charge in [0, 0.05) is 54.0 Å². The van der Waals surface area contributed by atoms with Gasteiger partial charge in [0.05, 0.1) is 36.3 Å². The lowest BCUT2D eigenvalue weighted by Gasteiger charge is -2.30. The Balaban J connectivity index is 1.14. The van der Waals surface area contributed by atoms with E-state index < -0.39 is 39.7 Å². The summed E-state index contributed by atoms with van der Waals surface area (Å²) < 4.78 is 43.3. The van der Waals surface area contributed by atoms with Gasteiger partial charge in [-0.05, 0) is 81.5 Å². The first-order chi connectivity index (χ1) is 29.9. The minimum absolute atomic E-state index is 0.136. The summed E-state index contributed by atoms with van der Waals surface area (Å²) in [5.41, 5.74) is 2.71. The number of nitrogens with one attached hydrogen (secondary N) is 2. The van der Waals surface area contributed by atoms with Crippen molar-refractivity contribution in [2.45, 2.75) is 116 Å². The molecule has 330 valence electrons. The molecule has 3 fully saturated rings. The maximum Gasteiger partial charge on any atom is 0.303 e. The number of aromatic nitrogens is 2. The summed E-state index contributed by atoms with van der Waals surface area (Å²) in [5, 5.41) is 7.03. The summed E-state index contributed by atoms with van der Waals surface area (Å²) in [5.74, 6) is 0.0106. The molecule has 0 bridgehead atoms. The highest BCUT2D eigenvalue weighted by atomic mass is 32.2. The topological polar surface area (TPSA) is 160 Å². The van der Waals surface area contributed by atoms with Crippen molar-refractivity contribution in [3.63, 3.8) is 0 Å². The minimum atomic E-state index is -4.10. The Bertz CT molecular complexity index is 2430. The summed E-state index contributed by atoms with van der Waals surface area (Å²) >= 11 is 1.52. The van der Waals surface area contributed by atoms with Crippen LogP contribution < -0.4 is 19.5 Å². The van der Waals surface area contributed by atoms with Crippen molar-refractivity contribution in [2.75, 3.05) is 32.1 Å². The molecule has 0 unspecified atom stereocenters. The van der Waals surface area contributed by atoms with Gasteiger partial charge in [0.15, 0.2) is 5.78 Å². The number of ether oxygens (including phenoxy) is 2. The van der Waals surface area contributed by atoms with Crippen molar-refractivity contribution in [3.05, 3.63) is 77.3 Å². The van der Waals surface area contributed by atoms with Crippen LogP contribution in [-0.4, -0.2) is 90.1 Å². The van der Waals surface area contributed by atoms with E-state index in [9.17, 15) is 22.8 Å². The van der Waals surface area contributed by atoms with E-state index in [2.05, 4.69) is 30.0 Å². The number of pyridine rings is 1. The molecule has 2 aromatic heterocycles. The number of amides is 2. The Morgan fingerprint density at radius 2 is 1.76 bits per heavy atom. The Kier molecular flexibility index (Phi) is 13.0. The molecule has 1 aliphatic carbocycles. The molecule has 0 spiro atoms. The number of carbonyl (C=O) groups is 3. The zero-order valence-corrected chi connectivity index (χ0v) is 37.7. The molecular formula is C47H58N6O7S2. The molecule has 4 aliphatic rings. The highest BCUT2D eigenvalue weighted by Gasteiger charge is 2.61. The second kappa shape index (κ2) is 18.5. The number of rotatable bonds is 10. The number of nitrogens with zero attached hydrogens (tertiary/aromatic N) is 4. The fourth-order valence-corrected chi connectivity index (χ4v) is 11.5. The summed E-state index contributed by atoms with van der Waals surface area (Å²) in [6.07, 6.45) is 10.1. The predicted molar refractivity (Wildman–Crippen MR) is 241 cm³/mol. The van der Waals surface area contributed by atoms with Crippen LogP contribution in [0, 0.1) is 18.3 Å². The molecule has 62 heavy (non-hydrogen) atoms. The highest BCUT2D eigenvalue weighted by molar-refractivity contribution is 7.87. The summed E-state index contributed by atoms with van der Waals surface area (Å²) in [7, 11) is -2.47. The van der Waals surface area contributed by atoms with Crippen LogP contribution in [-0.2, 0) is 24.6 Å². The lowest BCUT2D eigenvalue weighted by Crippen LogP contribution is -2.50. The first kappa shape index (κ1) is 43.8. The first-order valence-electron chi connectivity index (χ1n) is 22.1. The van der Waals surface area contributed by atoms with E-state index in [0.29, 0.717) is 48.6 Å². The van der Waals surface area contributed by atoms with Crippen molar-refractivity contribution in [1.82, 2.24) is 23.9 Å². The standard InChI is InChI=1S/C47H58N6O7S2/c1-30(2)38-29-61-44(50-38)37-25-42(35-20-21-41(59-4)31(3)43(35)49-37)60-34-24-39-40(54)27-47(46(56)51-62(57,58)52-22-14-9-15-23-52)26-32(47)16-10-6-5-7-13-19-36(45(55)53(39)28-34)48-33-17-11-8-12-18-33/h8,10-12,16-18,20-21,25,29-30,32,34,36,39,48H,5-7,9,13-15,19,22-24,26-28H2,1-4H3,(H,51,56)/b16-10-/t32-,34+,36-,39-,47+/m0/s1. The number of anilines is 1. The van der Waals surface area contributed by atoms with Crippen molar-refractivity contribution in [3.8, 4) is 22.2 Å². The number of carbonyl (C=O) groups excluding carboxylic acids is 3. The number of fused-ring (bicyclic) bond motifs is 3. The summed E-state index contributed by atoms with van der Waals surface area (Å²) in [6, 6.07) is 13.8. The molecule has 2 amide bonds. The normalized spacial score (nSPS) is 25.7. The zero-order valence-electron chi connectivity index (χ0n) is 36.1. The Morgan fingerprint density at radius 1 is 0.984 bits per heavy atom. The van der Waals surface area contributed by atoms with E-state index in [1.807, 2.05) is 66.9 Å². The first-order valence-corrected chi connectivity index (χ1v) is 24.4. The number of allylic oxidation sites excluding steroid dienone is 2. The van der Waals surface area contributed by atoms with E-state index in [-0.39, 0.29) is 42.9 Å². The fraction of sp³-hybridized carbons (Fsp3) is 0.511. The van der Waals surface area contributed by atoms with E-state index in [0.717, 1.165) is 72.3 Å². The van der Waals surface area contributed by atoms with Gasteiger partial charge in [0.2, 0.25) is 11.8 Å². The average Bonchev–Trinajstić information content (AvgIpc) is 3.54. The van der Waals surface area contributed by atoms with Gasteiger partial charge in [-0.3, -0.25) is 14.4 Å². The van der Waals surface area contributed by atoms with Crippen molar-refractivity contribution >= 4 is 55.7 Å². The molecular weight excluding hydrogens is 825 g/mol. The summed E-state index contributed by atoms with van der Waals surface area (Å²) in [6.45, 7) is 6.99. The smallest absolute Gasteiger partial charge is 0.303 e. The van der Waals surface area contributed by atoms with Gasteiger partial charge < -0.3 is 19.7 Å². The van der Waals surface area contributed by atoms with Crippen LogP contribution in [0.5, 0.6) is 11.5 Å². The molecule has 13 nitrogen and oxygen atoms in total. The quantitative estimate of drug-likeness (QED) is 0.150. The van der Waals surface area contributed by atoms with Crippen molar-refractivity contribution < 1.29 is 32.3 Å². The third kappa shape index (κ3) is 9.26. The van der Waals surface area contributed by atoms with Crippen molar-refractivity contribution in [1.29, 1.82) is 0 Å². The van der Waals surface area contributed by atoms with E-state index in [1.54, 1.807) is 12.0 Å². The molecule has 5 heterocycles. The molecule has 3 aliphatic heterocycles. The summed E-state index contributed by atoms with van der Waals surface area (Å²) in [4.78, 5) is 55.7. The van der Waals surface area contributed by atoms with Gasteiger partial charge >= 0.3 is 10.2 Å². The number of aryl methyl sites for hydroxylation is 1. The molecule has 2 N–H and O–H groups in total. The van der Waals surface area contributed by atoms with Crippen LogP contribution in [0.15, 0.2) is 66.1 Å². The van der Waals surface area contributed by atoms with E-state index >= 15 is 0 Å². The molecule has 0 radical (unpaired) electrons. The second-order valence-electron chi connectivity index (χ2n) is 17.6. The number of para-hydroxylation sites is 1. The number of hydrogen-bond acceptors (Lipinski definition) is 11. The van der Waals surface area contributed by atoms with Crippen LogP contribution in [0.3, 0.4) is 0 Å². The van der Waals surface area contributed by atoms with E-state index in [4.69, 9.17) is 19.4 Å². The van der Waals surface area contributed by atoms with Gasteiger partial charge in [-0.25, -0.2) is 14.7 Å². The third-order valence-electron chi connectivity index (χ3n) is 13.0. The lowest BCUT2D eigenvalue weighted by molar-refractivity contribution is -0.139. The number of ketones is 1. The van der Waals surface area contributed by atoms with E-state index in [1.165, 1.54) is 15.6 Å². The number of piperidine rings is 1. The number of methoxy groups -OCH3 is 1. The Hall–Kier alpha value is -4.86. The SMILES string of the molecule is COc1ccc2c(O[C@@H]3C[C@H]4C(=O)C[C@]5(C(=O)NS(=O)(=O)N6CCCCC6)C[C@@H]5/C=C\CCCCC[C@H](Nc5ccccc5)C(=O)N4C3)cc(-c3nc(C(C)C)cs3)nc2c1C. The maximum absolute atomic E-state index is 15.0. The monoisotopic (exact) mass is 882 g/mol. The van der Waals surface area contributed by atoms with Crippen LogP contribution in [0.4, 0.5) is 5.69 Å². The number of hydrogen-bond donors (Lipinski definition) is 2. The molecule has 2 aromatic carbocycles. The zero-order chi connectivity index (χ0) is 43.6. The highest BCUT2D eigenvalue weighted by Crippen LogP contribution is 2.57. The molecule has 2 saturated heterocycles. The number of Topliss-reactive ketones (excluding diaryl/α,β-unsaturated/α-hetero) is 1. The molecule has 1 saturated carbocycles. The van der Waals surface area contributed by atoms with Gasteiger partial charge in [0.1, 0.15) is 34.3 Å². The average molecular weight is 883 g/mol. The second-order valence-corrected chi connectivity index (χ2v) is 20.2. The molecule has 5 atom stereocenters.